The second-order valence-corrected chi connectivity index (χ2v) is 11.8. The van der Waals surface area contributed by atoms with Crippen molar-refractivity contribution in [3.8, 4) is 0 Å². The van der Waals surface area contributed by atoms with Crippen molar-refractivity contribution >= 4 is 24.2 Å². The lowest BCUT2D eigenvalue weighted by atomic mass is 10.1. The fraction of sp³-hybridized carbons (Fsp3) is 0.571. The molecule has 1 aromatic rings. The Bertz CT molecular complexity index is 426. The van der Waals surface area contributed by atoms with Crippen LogP contribution >= 0.6 is 15.9 Å². The highest BCUT2D eigenvalue weighted by molar-refractivity contribution is 9.10. The molecular formula is C14H22BrFOSi. The van der Waals surface area contributed by atoms with Crippen molar-refractivity contribution in [2.45, 2.75) is 51.9 Å². The maximum absolute atomic E-state index is 13.2. The summed E-state index contributed by atoms with van der Waals surface area (Å²) in [7, 11) is -1.79. The quantitative estimate of drug-likeness (QED) is 0.648. The zero-order valence-corrected chi connectivity index (χ0v) is 14.6. The van der Waals surface area contributed by atoms with Gasteiger partial charge < -0.3 is 4.43 Å². The van der Waals surface area contributed by atoms with Gasteiger partial charge in [0.05, 0.1) is 10.6 Å². The van der Waals surface area contributed by atoms with Crippen molar-refractivity contribution in [3.63, 3.8) is 0 Å². The summed E-state index contributed by atoms with van der Waals surface area (Å²) in [5, 5.41) is 0.179. The lowest BCUT2D eigenvalue weighted by Crippen LogP contribution is -2.41. The normalized spacial score (nSPS) is 14.7. The van der Waals surface area contributed by atoms with Gasteiger partial charge in [-0.25, -0.2) is 4.39 Å². The van der Waals surface area contributed by atoms with Crippen LogP contribution in [0.25, 0.3) is 0 Å². The lowest BCUT2D eigenvalue weighted by molar-refractivity contribution is 0.203. The molecule has 0 spiro atoms. The molecule has 0 aliphatic carbocycles. The summed E-state index contributed by atoms with van der Waals surface area (Å²) < 4.78 is 20.0. The molecule has 0 fully saturated rings. The molecule has 0 amide bonds. The fourth-order valence-electron chi connectivity index (χ4n) is 1.45. The first-order valence-corrected chi connectivity index (χ1v) is 9.87. The summed E-state index contributed by atoms with van der Waals surface area (Å²) in [5.41, 5.74) is 1.01. The third-order valence-corrected chi connectivity index (χ3v) is 8.85. The van der Waals surface area contributed by atoms with Gasteiger partial charge in [0.1, 0.15) is 5.82 Å². The van der Waals surface area contributed by atoms with Crippen molar-refractivity contribution in [1.29, 1.82) is 0 Å². The summed E-state index contributed by atoms with van der Waals surface area (Å²) in [6.45, 7) is 13.1. The van der Waals surface area contributed by atoms with Gasteiger partial charge in [0.2, 0.25) is 0 Å². The molecule has 0 saturated carbocycles. The third-order valence-electron chi connectivity index (χ3n) is 3.69. The molecule has 0 aromatic heterocycles. The minimum atomic E-state index is -1.79. The van der Waals surface area contributed by atoms with Gasteiger partial charge in [-0.3, -0.25) is 0 Å². The molecule has 0 heterocycles. The second-order valence-electron chi connectivity index (χ2n) is 6.19. The summed E-state index contributed by atoms with van der Waals surface area (Å²) in [6, 6.07) is 5.07. The van der Waals surface area contributed by atoms with E-state index in [1.54, 1.807) is 12.1 Å². The number of hydrogen-bond acceptors (Lipinski definition) is 1. The molecule has 0 N–H and O–H groups in total. The minimum Gasteiger partial charge on any atom is -0.410 e. The standard InChI is InChI=1S/C14H22BrFOSi/c1-10(17-18(5,6)14(2,3)4)11-7-8-13(16)12(15)9-11/h7-10H,1-6H3/t10-/m0/s1. The van der Waals surface area contributed by atoms with E-state index in [9.17, 15) is 4.39 Å². The van der Waals surface area contributed by atoms with Crippen molar-refractivity contribution < 1.29 is 8.82 Å². The Kier molecular flexibility index (Phi) is 4.79. The number of rotatable bonds is 3. The van der Waals surface area contributed by atoms with Gasteiger partial charge in [0, 0.05) is 0 Å². The molecule has 102 valence electrons. The first-order chi connectivity index (χ1) is 8.04. The first-order valence-electron chi connectivity index (χ1n) is 6.17. The summed E-state index contributed by atoms with van der Waals surface area (Å²) in [6.07, 6.45) is -0.0113. The summed E-state index contributed by atoms with van der Waals surface area (Å²) in [4.78, 5) is 0. The summed E-state index contributed by atoms with van der Waals surface area (Å²) in [5.74, 6) is -0.238. The third kappa shape index (κ3) is 3.65. The molecule has 0 aliphatic rings. The van der Waals surface area contributed by atoms with E-state index in [0.29, 0.717) is 4.47 Å². The molecule has 1 nitrogen and oxygen atoms in total. The maximum atomic E-state index is 13.2. The molecule has 0 saturated heterocycles. The van der Waals surface area contributed by atoms with Crippen LogP contribution in [0.4, 0.5) is 4.39 Å². The Morgan fingerprint density at radius 1 is 1.28 bits per heavy atom. The topological polar surface area (TPSA) is 9.23 Å². The van der Waals surface area contributed by atoms with E-state index in [2.05, 4.69) is 49.8 Å². The smallest absolute Gasteiger partial charge is 0.192 e. The van der Waals surface area contributed by atoms with E-state index in [1.165, 1.54) is 6.07 Å². The molecule has 1 atom stereocenters. The van der Waals surface area contributed by atoms with Crippen molar-refractivity contribution in [1.82, 2.24) is 0 Å². The van der Waals surface area contributed by atoms with Crippen molar-refractivity contribution in [3.05, 3.63) is 34.1 Å². The monoisotopic (exact) mass is 332 g/mol. The zero-order valence-electron chi connectivity index (χ0n) is 12.0. The van der Waals surface area contributed by atoms with E-state index >= 15 is 0 Å². The van der Waals surface area contributed by atoms with E-state index in [-0.39, 0.29) is 17.0 Å². The lowest BCUT2D eigenvalue weighted by Gasteiger charge is -2.38. The van der Waals surface area contributed by atoms with Gasteiger partial charge in [0.15, 0.2) is 8.32 Å². The Balaban J connectivity index is 2.89. The second kappa shape index (κ2) is 5.43. The molecule has 0 radical (unpaired) electrons. The van der Waals surface area contributed by atoms with E-state index < -0.39 is 8.32 Å². The highest BCUT2D eigenvalue weighted by atomic mass is 79.9. The highest BCUT2D eigenvalue weighted by Crippen LogP contribution is 2.39. The Morgan fingerprint density at radius 2 is 1.83 bits per heavy atom. The van der Waals surface area contributed by atoms with Crippen LogP contribution < -0.4 is 0 Å². The molecular weight excluding hydrogens is 311 g/mol. The Hall–Kier alpha value is -0.193. The van der Waals surface area contributed by atoms with Crippen LogP contribution in [-0.4, -0.2) is 8.32 Å². The van der Waals surface area contributed by atoms with Gasteiger partial charge in [-0.05, 0) is 58.7 Å². The average molecular weight is 333 g/mol. The predicted molar refractivity (Wildman–Crippen MR) is 80.8 cm³/mol. The summed E-state index contributed by atoms with van der Waals surface area (Å²) >= 11 is 3.21. The molecule has 1 aromatic carbocycles. The number of halogens is 2. The van der Waals surface area contributed by atoms with Crippen LogP contribution in [0.2, 0.25) is 18.1 Å². The van der Waals surface area contributed by atoms with Gasteiger partial charge in [-0.1, -0.05) is 26.8 Å². The van der Waals surface area contributed by atoms with E-state index in [1.807, 2.05) is 6.92 Å². The van der Waals surface area contributed by atoms with Crippen LogP contribution in [0, 0.1) is 5.82 Å². The van der Waals surface area contributed by atoms with E-state index in [4.69, 9.17) is 4.43 Å². The van der Waals surface area contributed by atoms with Crippen molar-refractivity contribution in [2.75, 3.05) is 0 Å². The molecule has 0 aliphatic heterocycles. The van der Waals surface area contributed by atoms with Crippen LogP contribution in [0.5, 0.6) is 0 Å². The molecule has 4 heteroatoms. The first kappa shape index (κ1) is 15.9. The molecule has 0 bridgehead atoms. The van der Waals surface area contributed by atoms with Crippen LogP contribution in [0.3, 0.4) is 0 Å². The Labute approximate surface area is 119 Å². The highest BCUT2D eigenvalue weighted by Gasteiger charge is 2.38. The van der Waals surface area contributed by atoms with Gasteiger partial charge >= 0.3 is 0 Å². The molecule has 0 unspecified atom stereocenters. The van der Waals surface area contributed by atoms with Gasteiger partial charge in [-0.2, -0.15) is 0 Å². The minimum absolute atomic E-state index is 0.0113. The van der Waals surface area contributed by atoms with Gasteiger partial charge in [-0.15, -0.1) is 0 Å². The molecule has 1 rings (SSSR count). The fourth-order valence-corrected chi connectivity index (χ4v) is 3.22. The number of hydrogen-bond donors (Lipinski definition) is 0. The largest absolute Gasteiger partial charge is 0.410 e. The van der Waals surface area contributed by atoms with Crippen molar-refractivity contribution in [2.24, 2.45) is 0 Å². The molecule has 18 heavy (non-hydrogen) atoms. The SMILES string of the molecule is C[C@H](O[Si](C)(C)C(C)(C)C)c1ccc(F)c(Br)c1. The average Bonchev–Trinajstić information content (AvgIpc) is 2.19. The Morgan fingerprint density at radius 3 is 2.28 bits per heavy atom. The predicted octanol–water partition coefficient (Wildman–Crippen LogP) is 5.67. The number of benzene rings is 1. The van der Waals surface area contributed by atoms with Gasteiger partial charge in [0.25, 0.3) is 0 Å². The van der Waals surface area contributed by atoms with Crippen LogP contribution in [0.1, 0.15) is 39.4 Å². The maximum Gasteiger partial charge on any atom is 0.192 e. The van der Waals surface area contributed by atoms with Crippen LogP contribution in [-0.2, 0) is 4.43 Å². The van der Waals surface area contributed by atoms with E-state index in [0.717, 1.165) is 5.56 Å². The zero-order chi connectivity index (χ0) is 14.1. The van der Waals surface area contributed by atoms with Crippen LogP contribution in [0.15, 0.2) is 22.7 Å².